The van der Waals surface area contributed by atoms with Crippen molar-refractivity contribution in [3.63, 3.8) is 0 Å². The number of nitrogens with zero attached hydrogens (tertiary/aromatic N) is 4. The molecule has 130 valence electrons. The fraction of sp³-hybridized carbons (Fsp3) is 0.562. The predicted molar refractivity (Wildman–Crippen MR) is 93.8 cm³/mol. The first-order valence-electron chi connectivity index (χ1n) is 8.43. The maximum Gasteiger partial charge on any atom is 0.315 e. The van der Waals surface area contributed by atoms with Gasteiger partial charge in [0.05, 0.1) is 12.6 Å². The zero-order chi connectivity index (χ0) is 16.8. The van der Waals surface area contributed by atoms with Crippen LogP contribution in [0.5, 0.6) is 0 Å². The van der Waals surface area contributed by atoms with Crippen LogP contribution in [0.2, 0.25) is 0 Å². The zero-order valence-electron chi connectivity index (χ0n) is 13.9. The Morgan fingerprint density at radius 3 is 2.92 bits per heavy atom. The highest BCUT2D eigenvalue weighted by molar-refractivity contribution is 7.10. The van der Waals surface area contributed by atoms with Crippen molar-refractivity contribution < 1.29 is 4.79 Å². The Balaban J connectivity index is 1.51. The summed E-state index contributed by atoms with van der Waals surface area (Å²) in [7, 11) is 0. The maximum atomic E-state index is 12.1. The van der Waals surface area contributed by atoms with Crippen molar-refractivity contribution in [2.75, 3.05) is 19.6 Å². The van der Waals surface area contributed by atoms with E-state index >= 15 is 0 Å². The van der Waals surface area contributed by atoms with E-state index in [9.17, 15) is 4.79 Å². The molecule has 0 saturated carbocycles. The largest absolute Gasteiger partial charge is 0.336 e. The van der Waals surface area contributed by atoms with Crippen molar-refractivity contribution in [1.29, 1.82) is 0 Å². The second-order valence-corrected chi connectivity index (χ2v) is 6.85. The molecule has 2 N–H and O–H groups in total. The number of aromatic nitrogens is 3. The molecular formula is C16H24N6OS. The first-order valence-corrected chi connectivity index (χ1v) is 9.31. The minimum absolute atomic E-state index is 0.165. The molecule has 24 heavy (non-hydrogen) atoms. The Kier molecular flexibility index (Phi) is 5.81. The van der Waals surface area contributed by atoms with Gasteiger partial charge in [-0.15, -0.1) is 21.5 Å². The SMILES string of the molecule is CCn1cnnc1CNC(=O)NC[C@@H](c1cccs1)N1CCCC1. The number of amides is 2. The molecule has 3 rings (SSSR count). The highest BCUT2D eigenvalue weighted by atomic mass is 32.1. The molecule has 1 aliphatic rings. The number of carbonyl (C=O) groups is 1. The summed E-state index contributed by atoms with van der Waals surface area (Å²) in [6.07, 6.45) is 4.15. The van der Waals surface area contributed by atoms with E-state index in [1.54, 1.807) is 17.7 Å². The van der Waals surface area contributed by atoms with Crippen LogP contribution in [0.3, 0.4) is 0 Å². The van der Waals surface area contributed by atoms with Crippen LogP contribution in [0.25, 0.3) is 0 Å². The van der Waals surface area contributed by atoms with Gasteiger partial charge in [-0.2, -0.15) is 0 Å². The molecule has 1 atom stereocenters. The van der Waals surface area contributed by atoms with E-state index in [0.717, 1.165) is 25.5 Å². The van der Waals surface area contributed by atoms with Gasteiger partial charge in [-0.3, -0.25) is 4.90 Å². The lowest BCUT2D eigenvalue weighted by atomic mass is 10.2. The monoisotopic (exact) mass is 348 g/mol. The Labute approximate surface area is 146 Å². The molecule has 0 bridgehead atoms. The summed E-state index contributed by atoms with van der Waals surface area (Å²) in [5.74, 6) is 0.766. The number of rotatable bonds is 7. The molecule has 0 radical (unpaired) electrons. The maximum absolute atomic E-state index is 12.1. The molecule has 0 aliphatic carbocycles. The van der Waals surface area contributed by atoms with Gasteiger partial charge >= 0.3 is 6.03 Å². The van der Waals surface area contributed by atoms with Crippen LogP contribution < -0.4 is 10.6 Å². The van der Waals surface area contributed by atoms with Crippen molar-refractivity contribution in [2.45, 2.75) is 38.9 Å². The van der Waals surface area contributed by atoms with Gasteiger partial charge in [0.1, 0.15) is 6.33 Å². The standard InChI is InChI=1S/C16H24N6OS/c1-2-21-12-19-20-15(21)11-18-16(23)17-10-13(14-6-5-9-24-14)22-7-3-4-8-22/h5-6,9,12-13H,2-4,7-8,10-11H2,1H3,(H2,17,18,23)/t13-/m0/s1. The van der Waals surface area contributed by atoms with Crippen molar-refractivity contribution >= 4 is 17.4 Å². The Hall–Kier alpha value is -1.93. The summed E-state index contributed by atoms with van der Waals surface area (Å²) in [6, 6.07) is 4.32. The van der Waals surface area contributed by atoms with E-state index in [-0.39, 0.29) is 12.1 Å². The number of urea groups is 1. The lowest BCUT2D eigenvalue weighted by Crippen LogP contribution is -2.41. The van der Waals surface area contributed by atoms with Gasteiger partial charge in [0.15, 0.2) is 5.82 Å². The van der Waals surface area contributed by atoms with Crippen LogP contribution in [0, 0.1) is 0 Å². The average Bonchev–Trinajstić information content (AvgIpc) is 3.34. The fourth-order valence-corrected chi connectivity index (χ4v) is 3.90. The number of hydrogen-bond acceptors (Lipinski definition) is 5. The molecule has 1 fully saturated rings. The van der Waals surface area contributed by atoms with Gasteiger partial charge in [0, 0.05) is 18.0 Å². The number of thiophene rings is 1. The van der Waals surface area contributed by atoms with E-state index in [1.165, 1.54) is 17.7 Å². The summed E-state index contributed by atoms with van der Waals surface area (Å²) >= 11 is 1.75. The lowest BCUT2D eigenvalue weighted by molar-refractivity contribution is 0.222. The van der Waals surface area contributed by atoms with Crippen LogP contribution in [-0.2, 0) is 13.1 Å². The number of likely N-dealkylation sites (tertiary alicyclic amines) is 1. The topological polar surface area (TPSA) is 75.1 Å². The molecule has 7 nitrogen and oxygen atoms in total. The van der Waals surface area contributed by atoms with E-state index < -0.39 is 0 Å². The second kappa shape index (κ2) is 8.25. The first kappa shape index (κ1) is 16.9. The Morgan fingerprint density at radius 1 is 1.38 bits per heavy atom. The molecule has 0 aromatic carbocycles. The third-order valence-electron chi connectivity index (χ3n) is 4.35. The molecular weight excluding hydrogens is 324 g/mol. The summed E-state index contributed by atoms with van der Waals surface area (Å²) in [6.45, 7) is 6.02. The quantitative estimate of drug-likeness (QED) is 0.802. The summed E-state index contributed by atoms with van der Waals surface area (Å²) < 4.78 is 1.92. The highest BCUT2D eigenvalue weighted by Gasteiger charge is 2.24. The lowest BCUT2D eigenvalue weighted by Gasteiger charge is -2.26. The number of carbonyl (C=O) groups excluding carboxylic acids is 1. The molecule has 2 aromatic rings. The minimum Gasteiger partial charge on any atom is -0.336 e. The van der Waals surface area contributed by atoms with Gasteiger partial charge in [-0.05, 0) is 44.3 Å². The van der Waals surface area contributed by atoms with Gasteiger partial charge in [-0.25, -0.2) is 4.79 Å². The normalized spacial score (nSPS) is 16.2. The second-order valence-electron chi connectivity index (χ2n) is 5.87. The van der Waals surface area contributed by atoms with Crippen molar-refractivity contribution in [3.05, 3.63) is 34.5 Å². The highest BCUT2D eigenvalue weighted by Crippen LogP contribution is 2.27. The summed E-state index contributed by atoms with van der Waals surface area (Å²) in [5, 5.41) is 15.9. The Bertz CT molecular complexity index is 635. The molecule has 3 heterocycles. The van der Waals surface area contributed by atoms with Crippen LogP contribution in [0.15, 0.2) is 23.8 Å². The molecule has 8 heteroatoms. The van der Waals surface area contributed by atoms with Crippen molar-refractivity contribution in [3.8, 4) is 0 Å². The first-order chi connectivity index (χ1) is 11.8. The van der Waals surface area contributed by atoms with Crippen molar-refractivity contribution in [2.24, 2.45) is 0 Å². The third-order valence-corrected chi connectivity index (χ3v) is 5.33. The van der Waals surface area contributed by atoms with Gasteiger partial charge < -0.3 is 15.2 Å². The fourth-order valence-electron chi connectivity index (χ4n) is 3.03. The van der Waals surface area contributed by atoms with E-state index in [0.29, 0.717) is 13.1 Å². The van der Waals surface area contributed by atoms with Crippen LogP contribution in [0.1, 0.15) is 36.5 Å². The van der Waals surface area contributed by atoms with E-state index in [2.05, 4.69) is 43.2 Å². The Morgan fingerprint density at radius 2 is 2.21 bits per heavy atom. The smallest absolute Gasteiger partial charge is 0.315 e. The van der Waals surface area contributed by atoms with Crippen molar-refractivity contribution in [1.82, 2.24) is 30.3 Å². The van der Waals surface area contributed by atoms with Gasteiger partial charge in [-0.1, -0.05) is 6.07 Å². The van der Waals surface area contributed by atoms with Gasteiger partial charge in [0.2, 0.25) is 0 Å². The summed E-state index contributed by atoms with van der Waals surface area (Å²) in [5.41, 5.74) is 0. The zero-order valence-corrected chi connectivity index (χ0v) is 14.8. The van der Waals surface area contributed by atoms with Crippen LogP contribution in [-0.4, -0.2) is 45.3 Å². The minimum atomic E-state index is -0.165. The molecule has 1 aliphatic heterocycles. The molecule has 1 saturated heterocycles. The summed E-state index contributed by atoms with van der Waals surface area (Å²) in [4.78, 5) is 15.9. The van der Waals surface area contributed by atoms with Crippen LogP contribution in [0.4, 0.5) is 4.79 Å². The molecule has 0 unspecified atom stereocenters. The van der Waals surface area contributed by atoms with Gasteiger partial charge in [0.25, 0.3) is 0 Å². The number of nitrogens with one attached hydrogen (secondary N) is 2. The average molecular weight is 348 g/mol. The van der Waals surface area contributed by atoms with E-state index in [1.807, 2.05) is 11.5 Å². The molecule has 2 amide bonds. The number of aryl methyl sites for hydroxylation is 1. The predicted octanol–water partition coefficient (Wildman–Crippen LogP) is 2.00. The number of hydrogen-bond donors (Lipinski definition) is 2. The third kappa shape index (κ3) is 4.12. The van der Waals surface area contributed by atoms with Crippen LogP contribution >= 0.6 is 11.3 Å². The molecule has 2 aromatic heterocycles. The molecule has 0 spiro atoms. The van der Waals surface area contributed by atoms with E-state index in [4.69, 9.17) is 0 Å².